The number of amides is 1. The molecular weight excluding hydrogens is 330 g/mol. The van der Waals surface area contributed by atoms with Crippen molar-refractivity contribution in [2.24, 2.45) is 0 Å². The molecule has 1 aromatic rings. The van der Waals surface area contributed by atoms with E-state index < -0.39 is 24.1 Å². The number of aldehydes is 1. The molecule has 1 heterocycles. The molecule has 1 aliphatic rings. The maximum absolute atomic E-state index is 12.3. The Balaban J connectivity index is 2.16. The number of rotatable bonds is 6. The van der Waals surface area contributed by atoms with Gasteiger partial charge in [-0.15, -0.1) is 0 Å². The smallest absolute Gasteiger partial charge is 0.357 e. The quantitative estimate of drug-likeness (QED) is 0.356. The molecule has 8 heteroatoms. The Bertz CT molecular complexity index is 779. The molecule has 0 saturated heterocycles. The minimum Gasteiger partial charge on any atom is -0.464 e. The van der Waals surface area contributed by atoms with Crippen LogP contribution in [0.25, 0.3) is 0 Å². The molecule has 0 aliphatic carbocycles. The highest BCUT2D eigenvalue weighted by Gasteiger charge is 2.24. The van der Waals surface area contributed by atoms with Crippen molar-refractivity contribution in [2.45, 2.75) is 13.2 Å². The minimum absolute atomic E-state index is 0.0790. The van der Waals surface area contributed by atoms with Gasteiger partial charge in [-0.3, -0.25) is 9.59 Å². The number of ether oxygens (including phenoxy) is 3. The summed E-state index contributed by atoms with van der Waals surface area (Å²) in [4.78, 5) is 46.3. The third kappa shape index (κ3) is 4.31. The Hall–Kier alpha value is -3.42. The van der Waals surface area contributed by atoms with Crippen molar-refractivity contribution in [1.82, 2.24) is 5.32 Å². The van der Waals surface area contributed by atoms with E-state index in [4.69, 9.17) is 9.47 Å². The lowest BCUT2D eigenvalue weighted by Crippen LogP contribution is -2.29. The zero-order valence-electron chi connectivity index (χ0n) is 13.5. The van der Waals surface area contributed by atoms with Crippen LogP contribution in [0.1, 0.15) is 27.6 Å². The molecule has 2 rings (SSSR count). The van der Waals surface area contributed by atoms with E-state index in [1.807, 2.05) is 0 Å². The maximum Gasteiger partial charge on any atom is 0.357 e. The van der Waals surface area contributed by atoms with Crippen LogP contribution >= 0.6 is 0 Å². The van der Waals surface area contributed by atoms with Gasteiger partial charge in [0.1, 0.15) is 6.26 Å². The van der Waals surface area contributed by atoms with E-state index >= 15 is 0 Å². The van der Waals surface area contributed by atoms with E-state index in [0.29, 0.717) is 11.9 Å². The number of methoxy groups -OCH3 is 1. The predicted octanol–water partition coefficient (Wildman–Crippen LogP) is 1.09. The first-order valence-corrected chi connectivity index (χ1v) is 7.15. The highest BCUT2D eigenvalue weighted by Crippen LogP contribution is 2.15. The largest absolute Gasteiger partial charge is 0.464 e. The van der Waals surface area contributed by atoms with E-state index in [9.17, 15) is 19.2 Å². The summed E-state index contributed by atoms with van der Waals surface area (Å²) in [6.07, 6.45) is 1.85. The molecule has 1 atom stereocenters. The summed E-state index contributed by atoms with van der Waals surface area (Å²) in [5.74, 6) is -2.11. The van der Waals surface area contributed by atoms with Crippen LogP contribution in [-0.4, -0.2) is 37.5 Å². The van der Waals surface area contributed by atoms with E-state index in [1.165, 1.54) is 18.2 Å². The van der Waals surface area contributed by atoms with Gasteiger partial charge in [0.15, 0.2) is 12.0 Å². The zero-order chi connectivity index (χ0) is 18.4. The lowest BCUT2D eigenvalue weighted by molar-refractivity contribution is -0.152. The van der Waals surface area contributed by atoms with Gasteiger partial charge in [0, 0.05) is 17.2 Å². The lowest BCUT2D eigenvalue weighted by atomic mass is 10.1. The van der Waals surface area contributed by atoms with Crippen molar-refractivity contribution < 1.29 is 33.4 Å². The summed E-state index contributed by atoms with van der Waals surface area (Å²) in [6, 6.07) is 6.07. The fourth-order valence-corrected chi connectivity index (χ4v) is 1.94. The van der Waals surface area contributed by atoms with Crippen molar-refractivity contribution in [3.8, 4) is 0 Å². The minimum atomic E-state index is -1.01. The van der Waals surface area contributed by atoms with Crippen LogP contribution < -0.4 is 5.32 Å². The molecular formula is C17H15NO7. The number of hydrogen-bond donors (Lipinski definition) is 1. The lowest BCUT2D eigenvalue weighted by Gasteiger charge is -2.11. The van der Waals surface area contributed by atoms with Crippen LogP contribution in [-0.2, 0) is 23.8 Å². The summed E-state index contributed by atoms with van der Waals surface area (Å²) in [7, 11) is 1.13. The van der Waals surface area contributed by atoms with Gasteiger partial charge in [-0.1, -0.05) is 18.2 Å². The highest BCUT2D eigenvalue weighted by atomic mass is 16.7. The molecule has 1 aliphatic heterocycles. The monoisotopic (exact) mass is 345 g/mol. The summed E-state index contributed by atoms with van der Waals surface area (Å²) >= 11 is 0. The second kappa shape index (κ2) is 7.91. The average Bonchev–Trinajstić information content (AvgIpc) is 2.95. The predicted molar refractivity (Wildman–Crippen MR) is 84.1 cm³/mol. The van der Waals surface area contributed by atoms with Crippen LogP contribution in [0.3, 0.4) is 0 Å². The van der Waals surface area contributed by atoms with Crippen LogP contribution in [0.5, 0.6) is 0 Å². The Kier molecular flexibility index (Phi) is 5.67. The maximum atomic E-state index is 12.3. The number of carbonyl (C=O) groups is 4. The molecule has 0 fully saturated rings. The topological polar surface area (TPSA) is 108 Å². The van der Waals surface area contributed by atoms with E-state index in [1.54, 1.807) is 19.1 Å². The Morgan fingerprint density at radius 2 is 2.00 bits per heavy atom. The van der Waals surface area contributed by atoms with Crippen LogP contribution in [0.4, 0.5) is 0 Å². The first kappa shape index (κ1) is 17.9. The zero-order valence-corrected chi connectivity index (χ0v) is 13.5. The molecule has 25 heavy (non-hydrogen) atoms. The molecule has 130 valence electrons. The fraction of sp³-hybridized carbons (Fsp3) is 0.176. The summed E-state index contributed by atoms with van der Waals surface area (Å²) in [5, 5.41) is 2.31. The van der Waals surface area contributed by atoms with Gasteiger partial charge in [0.2, 0.25) is 0 Å². The van der Waals surface area contributed by atoms with Crippen LogP contribution in [0.2, 0.25) is 0 Å². The van der Waals surface area contributed by atoms with E-state index in [2.05, 4.69) is 10.1 Å². The number of hydrogen-bond acceptors (Lipinski definition) is 7. The Labute approximate surface area is 143 Å². The normalized spacial score (nSPS) is 16.6. The molecule has 1 N–H and O–H groups in total. The molecule has 1 amide bonds. The number of carbonyl (C=O) groups excluding carboxylic acids is 4. The van der Waals surface area contributed by atoms with Crippen molar-refractivity contribution in [3.05, 3.63) is 59.0 Å². The fourth-order valence-electron chi connectivity index (χ4n) is 1.94. The SMILES string of the molecule is COC(=O)/C(=C/OC1C=C(C)C(=O)O1)NC(=O)c1ccccc1C=O. The molecule has 0 saturated carbocycles. The molecule has 0 bridgehead atoms. The van der Waals surface area contributed by atoms with Gasteiger partial charge in [0.05, 0.1) is 12.7 Å². The van der Waals surface area contributed by atoms with Crippen molar-refractivity contribution in [3.63, 3.8) is 0 Å². The second-order valence-electron chi connectivity index (χ2n) is 4.94. The van der Waals surface area contributed by atoms with Crippen LogP contribution in [0.15, 0.2) is 47.9 Å². The van der Waals surface area contributed by atoms with Gasteiger partial charge >= 0.3 is 11.9 Å². The van der Waals surface area contributed by atoms with Gasteiger partial charge in [0.25, 0.3) is 12.2 Å². The van der Waals surface area contributed by atoms with Crippen molar-refractivity contribution in [2.75, 3.05) is 7.11 Å². The molecule has 0 aromatic heterocycles. The number of cyclic esters (lactones) is 1. The molecule has 0 radical (unpaired) electrons. The molecule has 8 nitrogen and oxygen atoms in total. The Morgan fingerprint density at radius 3 is 2.60 bits per heavy atom. The number of benzene rings is 1. The van der Waals surface area contributed by atoms with Crippen LogP contribution in [0, 0.1) is 0 Å². The first-order valence-electron chi connectivity index (χ1n) is 7.15. The number of nitrogens with one attached hydrogen (secondary N) is 1. The molecule has 1 aromatic carbocycles. The van der Waals surface area contributed by atoms with Crippen molar-refractivity contribution >= 4 is 24.1 Å². The third-order valence-corrected chi connectivity index (χ3v) is 3.24. The van der Waals surface area contributed by atoms with Gasteiger partial charge in [-0.2, -0.15) is 0 Å². The van der Waals surface area contributed by atoms with E-state index in [-0.39, 0.29) is 16.8 Å². The summed E-state index contributed by atoms with van der Waals surface area (Å²) in [5.41, 5.74) is 0.285. The summed E-state index contributed by atoms with van der Waals surface area (Å²) in [6.45, 7) is 1.55. The Morgan fingerprint density at radius 1 is 1.28 bits per heavy atom. The van der Waals surface area contributed by atoms with Gasteiger partial charge < -0.3 is 19.5 Å². The van der Waals surface area contributed by atoms with Gasteiger partial charge in [-0.05, 0) is 13.0 Å². The van der Waals surface area contributed by atoms with Gasteiger partial charge in [-0.25, -0.2) is 9.59 Å². The standard InChI is InChI=1S/C17H15NO7/c1-10-7-14(25-16(10)21)24-9-13(17(22)23-2)18-15(20)12-6-4-3-5-11(12)8-19/h3-9,14H,1-2H3,(H,18,20)/b13-9-. The summed E-state index contributed by atoms with van der Waals surface area (Å²) < 4.78 is 14.6. The highest BCUT2D eigenvalue weighted by molar-refractivity contribution is 6.05. The second-order valence-corrected chi connectivity index (χ2v) is 4.94. The number of esters is 2. The average molecular weight is 345 g/mol. The molecule has 0 spiro atoms. The van der Waals surface area contributed by atoms with Crippen molar-refractivity contribution in [1.29, 1.82) is 0 Å². The molecule has 1 unspecified atom stereocenters. The third-order valence-electron chi connectivity index (χ3n) is 3.24. The first-order chi connectivity index (χ1) is 12.0. The van der Waals surface area contributed by atoms with E-state index in [0.717, 1.165) is 13.4 Å².